The van der Waals surface area contributed by atoms with E-state index in [1.54, 1.807) is 29.1 Å². The quantitative estimate of drug-likeness (QED) is 0.521. The summed E-state index contributed by atoms with van der Waals surface area (Å²) in [5, 5.41) is 7.10. The van der Waals surface area contributed by atoms with Gasteiger partial charge >= 0.3 is 0 Å². The van der Waals surface area contributed by atoms with Crippen LogP contribution in [0.5, 0.6) is 5.75 Å². The number of hydrogen-bond acceptors (Lipinski definition) is 5. The molecule has 0 saturated carbocycles. The van der Waals surface area contributed by atoms with Gasteiger partial charge in [-0.25, -0.2) is 17.4 Å². The Labute approximate surface area is 182 Å². The Morgan fingerprint density at radius 1 is 1.10 bits per heavy atom. The first kappa shape index (κ1) is 22.5. The second-order valence-corrected chi connectivity index (χ2v) is 9.06. The standard InChI is InChI=1S/C22H26N4O4S/c1-25(31(28,29)20-12-10-19(30-2)11-13-20)16-6-9-22(27)24-21-14-15-23-26(21)17-18-7-4-3-5-8-18/h3-5,7-8,10-15H,6,9,16-17H2,1-2H3,(H,24,27). The summed E-state index contributed by atoms with van der Waals surface area (Å²) in [6, 6.07) is 17.8. The van der Waals surface area contributed by atoms with Crippen LogP contribution in [0.1, 0.15) is 18.4 Å². The molecule has 0 fully saturated rings. The minimum absolute atomic E-state index is 0.185. The summed E-state index contributed by atoms with van der Waals surface area (Å²) in [6.45, 7) is 0.775. The van der Waals surface area contributed by atoms with Crippen LogP contribution in [-0.4, -0.2) is 49.1 Å². The first-order chi connectivity index (χ1) is 14.9. The molecule has 1 aromatic heterocycles. The summed E-state index contributed by atoms with van der Waals surface area (Å²) < 4.78 is 33.3. The first-order valence-corrected chi connectivity index (χ1v) is 11.3. The third-order valence-corrected chi connectivity index (χ3v) is 6.67. The number of nitrogens with zero attached hydrogens (tertiary/aromatic N) is 3. The van der Waals surface area contributed by atoms with Gasteiger partial charge < -0.3 is 10.1 Å². The summed E-state index contributed by atoms with van der Waals surface area (Å²) in [4.78, 5) is 12.5. The van der Waals surface area contributed by atoms with E-state index in [2.05, 4.69) is 10.4 Å². The Bertz CT molecular complexity index is 1100. The van der Waals surface area contributed by atoms with Crippen molar-refractivity contribution in [2.24, 2.45) is 0 Å². The number of carbonyl (C=O) groups is 1. The highest BCUT2D eigenvalue weighted by Gasteiger charge is 2.20. The van der Waals surface area contributed by atoms with E-state index in [0.29, 0.717) is 24.5 Å². The molecule has 0 unspecified atom stereocenters. The topological polar surface area (TPSA) is 93.5 Å². The minimum Gasteiger partial charge on any atom is -0.497 e. The normalized spacial score (nSPS) is 11.5. The van der Waals surface area contributed by atoms with Gasteiger partial charge in [-0.05, 0) is 36.2 Å². The number of methoxy groups -OCH3 is 1. The highest BCUT2D eigenvalue weighted by atomic mass is 32.2. The van der Waals surface area contributed by atoms with E-state index in [1.165, 1.54) is 30.6 Å². The third-order valence-electron chi connectivity index (χ3n) is 4.80. The monoisotopic (exact) mass is 442 g/mol. The number of rotatable bonds is 10. The van der Waals surface area contributed by atoms with Crippen LogP contribution < -0.4 is 10.1 Å². The average molecular weight is 443 g/mol. The first-order valence-electron chi connectivity index (χ1n) is 9.86. The molecule has 0 aliphatic rings. The van der Waals surface area contributed by atoms with Gasteiger partial charge in [0.25, 0.3) is 0 Å². The van der Waals surface area contributed by atoms with E-state index in [0.717, 1.165) is 5.56 Å². The zero-order chi connectivity index (χ0) is 22.3. The largest absolute Gasteiger partial charge is 0.497 e. The molecule has 1 amide bonds. The minimum atomic E-state index is -3.62. The van der Waals surface area contributed by atoms with Crippen molar-refractivity contribution >= 4 is 21.7 Å². The lowest BCUT2D eigenvalue weighted by molar-refractivity contribution is -0.116. The van der Waals surface area contributed by atoms with Crippen LogP contribution in [0.3, 0.4) is 0 Å². The van der Waals surface area contributed by atoms with Crippen molar-refractivity contribution in [2.75, 3.05) is 26.0 Å². The van der Waals surface area contributed by atoms with E-state index in [4.69, 9.17) is 4.74 Å². The highest BCUT2D eigenvalue weighted by Crippen LogP contribution is 2.19. The second kappa shape index (κ2) is 10.2. The van der Waals surface area contributed by atoms with Gasteiger partial charge in [0.1, 0.15) is 11.6 Å². The van der Waals surface area contributed by atoms with E-state index in [-0.39, 0.29) is 23.8 Å². The molecular weight excluding hydrogens is 416 g/mol. The predicted molar refractivity (Wildman–Crippen MR) is 118 cm³/mol. The van der Waals surface area contributed by atoms with Gasteiger partial charge in [-0.3, -0.25) is 4.79 Å². The maximum atomic E-state index is 12.7. The zero-order valence-electron chi connectivity index (χ0n) is 17.6. The number of nitrogens with one attached hydrogen (secondary N) is 1. The molecule has 0 saturated heterocycles. The van der Waals surface area contributed by atoms with Crippen LogP contribution in [0, 0.1) is 0 Å². The molecule has 0 bridgehead atoms. The smallest absolute Gasteiger partial charge is 0.242 e. The maximum absolute atomic E-state index is 12.7. The van der Waals surface area contributed by atoms with Gasteiger partial charge in [-0.15, -0.1) is 0 Å². The number of ether oxygens (including phenoxy) is 1. The van der Waals surface area contributed by atoms with Crippen molar-refractivity contribution in [1.29, 1.82) is 0 Å². The summed E-state index contributed by atoms with van der Waals surface area (Å²) >= 11 is 0. The molecule has 3 aromatic rings. The van der Waals surface area contributed by atoms with Crippen molar-refractivity contribution in [1.82, 2.24) is 14.1 Å². The predicted octanol–water partition coefficient (Wildman–Crippen LogP) is 2.98. The van der Waals surface area contributed by atoms with E-state index in [9.17, 15) is 13.2 Å². The summed E-state index contributed by atoms with van der Waals surface area (Å²) in [5.41, 5.74) is 1.08. The fourth-order valence-electron chi connectivity index (χ4n) is 3.04. The molecule has 164 valence electrons. The molecule has 2 aromatic carbocycles. The Kier molecular flexibility index (Phi) is 7.43. The lowest BCUT2D eigenvalue weighted by Crippen LogP contribution is -2.28. The SMILES string of the molecule is COc1ccc(S(=O)(=O)N(C)CCCC(=O)Nc2ccnn2Cc2ccccc2)cc1. The Hall–Kier alpha value is -3.17. The molecule has 1 N–H and O–H groups in total. The van der Waals surface area contributed by atoms with Gasteiger partial charge in [0.2, 0.25) is 15.9 Å². The van der Waals surface area contributed by atoms with E-state index < -0.39 is 10.0 Å². The van der Waals surface area contributed by atoms with Crippen molar-refractivity contribution in [3.05, 3.63) is 72.4 Å². The highest BCUT2D eigenvalue weighted by molar-refractivity contribution is 7.89. The number of sulfonamides is 1. The molecule has 1 heterocycles. The molecule has 0 aliphatic carbocycles. The van der Waals surface area contributed by atoms with E-state index in [1.807, 2.05) is 30.3 Å². The second-order valence-electron chi connectivity index (χ2n) is 7.01. The van der Waals surface area contributed by atoms with Crippen LogP contribution in [-0.2, 0) is 21.4 Å². The van der Waals surface area contributed by atoms with Gasteiger partial charge in [0.15, 0.2) is 0 Å². The Balaban J connectivity index is 1.50. The Morgan fingerprint density at radius 3 is 2.48 bits per heavy atom. The molecule has 0 atom stereocenters. The van der Waals surface area contributed by atoms with Gasteiger partial charge in [0, 0.05) is 26.1 Å². The molecule has 0 spiro atoms. The molecule has 31 heavy (non-hydrogen) atoms. The Morgan fingerprint density at radius 2 is 1.81 bits per heavy atom. The summed E-state index contributed by atoms with van der Waals surface area (Å²) in [6.07, 6.45) is 2.22. The maximum Gasteiger partial charge on any atom is 0.242 e. The van der Waals surface area contributed by atoms with Crippen LogP contribution in [0.15, 0.2) is 71.8 Å². The van der Waals surface area contributed by atoms with Gasteiger partial charge in [-0.1, -0.05) is 30.3 Å². The number of aromatic nitrogens is 2. The van der Waals surface area contributed by atoms with Gasteiger partial charge in [0.05, 0.1) is 24.7 Å². The number of anilines is 1. The van der Waals surface area contributed by atoms with Crippen LogP contribution in [0.25, 0.3) is 0 Å². The number of benzene rings is 2. The van der Waals surface area contributed by atoms with Crippen LogP contribution in [0.2, 0.25) is 0 Å². The fourth-order valence-corrected chi connectivity index (χ4v) is 4.25. The molecule has 0 aliphatic heterocycles. The van der Waals surface area contributed by atoms with Crippen molar-refractivity contribution in [2.45, 2.75) is 24.3 Å². The number of hydrogen-bond donors (Lipinski definition) is 1. The molecule has 9 heteroatoms. The summed E-state index contributed by atoms with van der Waals surface area (Å²) in [5.74, 6) is 1.00. The van der Waals surface area contributed by atoms with Crippen molar-refractivity contribution in [3.8, 4) is 5.75 Å². The van der Waals surface area contributed by atoms with E-state index >= 15 is 0 Å². The fraction of sp³-hybridized carbons (Fsp3) is 0.273. The van der Waals surface area contributed by atoms with Crippen molar-refractivity contribution < 1.29 is 17.9 Å². The van der Waals surface area contributed by atoms with Gasteiger partial charge in [-0.2, -0.15) is 5.10 Å². The van der Waals surface area contributed by atoms with Crippen LogP contribution in [0.4, 0.5) is 5.82 Å². The lowest BCUT2D eigenvalue weighted by atomic mass is 10.2. The zero-order valence-corrected chi connectivity index (χ0v) is 18.4. The molecular formula is C22H26N4O4S. The number of amides is 1. The number of carbonyl (C=O) groups excluding carboxylic acids is 1. The lowest BCUT2D eigenvalue weighted by Gasteiger charge is -2.17. The molecule has 8 nitrogen and oxygen atoms in total. The average Bonchev–Trinajstić information content (AvgIpc) is 3.20. The summed E-state index contributed by atoms with van der Waals surface area (Å²) in [7, 11) is -0.592. The van der Waals surface area contributed by atoms with Crippen molar-refractivity contribution in [3.63, 3.8) is 0 Å². The third kappa shape index (κ3) is 5.93. The molecule has 3 rings (SSSR count). The molecule has 0 radical (unpaired) electrons. The van der Waals surface area contributed by atoms with Crippen LogP contribution >= 0.6 is 0 Å².